The lowest BCUT2D eigenvalue weighted by atomic mass is 10.1. The average Bonchev–Trinajstić information content (AvgIpc) is 3.63. The summed E-state index contributed by atoms with van der Waals surface area (Å²) in [5.41, 5.74) is 7.57. The van der Waals surface area contributed by atoms with Crippen LogP contribution in [-0.2, 0) is 0 Å². The second-order valence-corrected chi connectivity index (χ2v) is 10.9. The van der Waals surface area contributed by atoms with Crippen LogP contribution in [0, 0.1) is 0 Å². The number of nitrogens with zero attached hydrogens (tertiary/aromatic N) is 4. The Hall–Kier alpha value is -6.07. The van der Waals surface area contributed by atoms with E-state index in [9.17, 15) is 0 Å². The van der Waals surface area contributed by atoms with Gasteiger partial charge in [0.15, 0.2) is 17.5 Å². The molecule has 0 aliphatic rings. The van der Waals surface area contributed by atoms with Crippen molar-refractivity contribution in [3.8, 4) is 39.9 Å². The molecule has 5 nitrogen and oxygen atoms in total. The van der Waals surface area contributed by atoms with Gasteiger partial charge in [0.05, 0.1) is 16.7 Å². The molecule has 6 aromatic carbocycles. The number of aromatic nitrogens is 4. The van der Waals surface area contributed by atoms with Crippen molar-refractivity contribution in [1.29, 1.82) is 0 Å². The lowest BCUT2D eigenvalue weighted by molar-refractivity contribution is 0.668. The zero-order valence-corrected chi connectivity index (χ0v) is 23.6. The molecular weight excluding hydrogens is 540 g/mol. The van der Waals surface area contributed by atoms with Crippen LogP contribution in [0.25, 0.3) is 83.6 Å². The van der Waals surface area contributed by atoms with E-state index in [1.165, 1.54) is 10.8 Å². The molecule has 44 heavy (non-hydrogen) atoms. The van der Waals surface area contributed by atoms with E-state index in [0.29, 0.717) is 17.5 Å². The SMILES string of the molecule is c1ccc(-c2nc(-c3ccccc3)nc(-c3cc4c(cc3-n3c5ccccc5c5ccccc53)oc3ccccc34)n2)cc1. The van der Waals surface area contributed by atoms with Crippen molar-refractivity contribution < 1.29 is 4.42 Å². The van der Waals surface area contributed by atoms with Crippen molar-refractivity contribution in [2.24, 2.45) is 0 Å². The molecular formula is C39H24N4O. The molecule has 0 saturated carbocycles. The van der Waals surface area contributed by atoms with Gasteiger partial charge in [0.1, 0.15) is 11.2 Å². The summed E-state index contributed by atoms with van der Waals surface area (Å²) in [5, 5.41) is 4.44. The first-order valence-electron chi connectivity index (χ1n) is 14.6. The molecule has 206 valence electrons. The van der Waals surface area contributed by atoms with E-state index < -0.39 is 0 Å². The van der Waals surface area contributed by atoms with Crippen molar-refractivity contribution in [2.75, 3.05) is 0 Å². The van der Waals surface area contributed by atoms with Crippen LogP contribution >= 0.6 is 0 Å². The van der Waals surface area contributed by atoms with E-state index >= 15 is 0 Å². The normalized spacial score (nSPS) is 11.6. The molecule has 0 aliphatic carbocycles. The van der Waals surface area contributed by atoms with Crippen molar-refractivity contribution in [3.63, 3.8) is 0 Å². The summed E-state index contributed by atoms with van der Waals surface area (Å²) in [6, 6.07) is 49.7. The maximum atomic E-state index is 6.43. The van der Waals surface area contributed by atoms with Crippen LogP contribution in [-0.4, -0.2) is 19.5 Å². The van der Waals surface area contributed by atoms with Gasteiger partial charge in [-0.05, 0) is 24.3 Å². The fourth-order valence-electron chi connectivity index (χ4n) is 6.24. The van der Waals surface area contributed by atoms with Gasteiger partial charge in [-0.2, -0.15) is 0 Å². The molecule has 5 heteroatoms. The summed E-state index contributed by atoms with van der Waals surface area (Å²) in [6.45, 7) is 0. The Balaban J connectivity index is 1.42. The highest BCUT2D eigenvalue weighted by Crippen LogP contribution is 2.40. The van der Waals surface area contributed by atoms with E-state index in [1.54, 1.807) is 0 Å². The molecule has 0 saturated heterocycles. The van der Waals surface area contributed by atoms with Crippen molar-refractivity contribution in [3.05, 3.63) is 146 Å². The second-order valence-electron chi connectivity index (χ2n) is 10.9. The first-order chi connectivity index (χ1) is 21.8. The van der Waals surface area contributed by atoms with Gasteiger partial charge in [-0.3, -0.25) is 0 Å². The predicted octanol–water partition coefficient (Wildman–Crippen LogP) is 9.87. The van der Waals surface area contributed by atoms with E-state index in [1.807, 2.05) is 78.9 Å². The lowest BCUT2D eigenvalue weighted by Gasteiger charge is -2.15. The highest BCUT2D eigenvalue weighted by molar-refractivity contribution is 6.11. The van der Waals surface area contributed by atoms with Crippen LogP contribution < -0.4 is 0 Å². The number of furan rings is 1. The summed E-state index contributed by atoms with van der Waals surface area (Å²) in [5.74, 6) is 1.85. The van der Waals surface area contributed by atoms with Crippen molar-refractivity contribution in [2.45, 2.75) is 0 Å². The number of benzene rings is 6. The third-order valence-corrected chi connectivity index (χ3v) is 8.26. The summed E-state index contributed by atoms with van der Waals surface area (Å²) < 4.78 is 8.73. The summed E-state index contributed by atoms with van der Waals surface area (Å²) >= 11 is 0. The monoisotopic (exact) mass is 564 g/mol. The van der Waals surface area contributed by atoms with Gasteiger partial charge in [-0.1, -0.05) is 115 Å². The first-order valence-corrected chi connectivity index (χ1v) is 14.6. The van der Waals surface area contributed by atoms with Gasteiger partial charge in [-0.15, -0.1) is 0 Å². The molecule has 0 fully saturated rings. The Morgan fingerprint density at radius 1 is 0.409 bits per heavy atom. The fourth-order valence-corrected chi connectivity index (χ4v) is 6.24. The first kappa shape index (κ1) is 24.5. The van der Waals surface area contributed by atoms with Crippen LogP contribution in [0.15, 0.2) is 150 Å². The van der Waals surface area contributed by atoms with Crippen LogP contribution in [0.3, 0.4) is 0 Å². The largest absolute Gasteiger partial charge is 0.456 e. The zero-order chi connectivity index (χ0) is 29.0. The van der Waals surface area contributed by atoms with Crippen LogP contribution in [0.5, 0.6) is 0 Å². The van der Waals surface area contributed by atoms with Crippen LogP contribution in [0.2, 0.25) is 0 Å². The Labute approximate surface area is 252 Å². The number of hydrogen-bond acceptors (Lipinski definition) is 4. The molecule has 0 bridgehead atoms. The van der Waals surface area contributed by atoms with Crippen LogP contribution in [0.1, 0.15) is 0 Å². The molecule has 0 radical (unpaired) electrons. The van der Waals surface area contributed by atoms with Crippen molar-refractivity contribution in [1.82, 2.24) is 19.5 Å². The van der Waals surface area contributed by atoms with Gasteiger partial charge in [0, 0.05) is 44.3 Å². The zero-order valence-electron chi connectivity index (χ0n) is 23.6. The Bertz CT molecular complexity index is 2380. The number of hydrogen-bond donors (Lipinski definition) is 0. The lowest BCUT2D eigenvalue weighted by Crippen LogP contribution is -2.03. The molecule has 0 unspecified atom stereocenters. The topological polar surface area (TPSA) is 56.7 Å². The molecule has 3 aromatic heterocycles. The standard InChI is InChI=1S/C39H24N4O/c1-3-13-25(14-4-1)37-40-38(26-15-5-2-6-16-26)42-39(41-37)31-23-30-29-19-9-12-22-35(29)44-36(30)24-34(31)43-32-20-10-7-17-27(32)28-18-8-11-21-33(28)43/h1-24H. The molecule has 0 aliphatic heterocycles. The quantitative estimate of drug-likeness (QED) is 0.213. The van der Waals surface area contributed by atoms with E-state index in [4.69, 9.17) is 19.4 Å². The summed E-state index contributed by atoms with van der Waals surface area (Å²) in [6.07, 6.45) is 0. The molecule has 0 spiro atoms. The Morgan fingerprint density at radius 3 is 1.52 bits per heavy atom. The van der Waals surface area contributed by atoms with Gasteiger partial charge in [0.25, 0.3) is 0 Å². The van der Waals surface area contributed by atoms with E-state index in [0.717, 1.165) is 55.3 Å². The molecule has 9 rings (SSSR count). The minimum Gasteiger partial charge on any atom is -0.456 e. The highest BCUT2D eigenvalue weighted by atomic mass is 16.3. The van der Waals surface area contributed by atoms with Crippen molar-refractivity contribution >= 4 is 43.7 Å². The average molecular weight is 565 g/mol. The molecule has 0 N–H and O–H groups in total. The summed E-state index contributed by atoms with van der Waals surface area (Å²) in [4.78, 5) is 15.2. The minimum absolute atomic E-state index is 0.599. The molecule has 9 aromatic rings. The van der Waals surface area contributed by atoms with Gasteiger partial charge in [0.2, 0.25) is 0 Å². The molecule has 3 heterocycles. The predicted molar refractivity (Wildman–Crippen MR) is 178 cm³/mol. The van der Waals surface area contributed by atoms with E-state index in [-0.39, 0.29) is 0 Å². The molecule has 0 amide bonds. The maximum absolute atomic E-state index is 6.43. The second kappa shape index (κ2) is 9.75. The fraction of sp³-hybridized carbons (Fsp3) is 0. The van der Waals surface area contributed by atoms with Gasteiger partial charge >= 0.3 is 0 Å². The van der Waals surface area contributed by atoms with Gasteiger partial charge in [-0.25, -0.2) is 15.0 Å². The smallest absolute Gasteiger partial charge is 0.166 e. The van der Waals surface area contributed by atoms with E-state index in [2.05, 4.69) is 71.3 Å². The maximum Gasteiger partial charge on any atom is 0.166 e. The van der Waals surface area contributed by atoms with Gasteiger partial charge < -0.3 is 8.98 Å². The van der Waals surface area contributed by atoms with Crippen LogP contribution in [0.4, 0.5) is 0 Å². The minimum atomic E-state index is 0.599. The number of rotatable bonds is 4. The summed E-state index contributed by atoms with van der Waals surface area (Å²) in [7, 11) is 0. The Kier molecular flexibility index (Phi) is 5.43. The number of fused-ring (bicyclic) bond motifs is 6. The molecule has 0 atom stereocenters. The number of para-hydroxylation sites is 3. The highest BCUT2D eigenvalue weighted by Gasteiger charge is 2.21. The third kappa shape index (κ3) is 3.83. The third-order valence-electron chi connectivity index (χ3n) is 8.26. The Morgan fingerprint density at radius 2 is 0.909 bits per heavy atom.